The van der Waals surface area contributed by atoms with Crippen LogP contribution in [0.1, 0.15) is 110 Å². The number of ether oxygens (including phenoxy) is 6. The molecule has 1 aromatic carbocycles. The molecule has 0 bridgehead atoms. The highest BCUT2D eigenvalue weighted by atomic mass is 16.5. The number of unbranched alkanes of at least 4 members (excludes halogenated alkanes) is 6. The average molecular weight is 973 g/mol. The molecule has 12 nitrogen and oxygen atoms in total. The molecule has 0 aliphatic heterocycles. The minimum Gasteiger partial charge on any atom is -0.493 e. The fourth-order valence-corrected chi connectivity index (χ4v) is 9.07. The van der Waals surface area contributed by atoms with Crippen molar-refractivity contribution in [3.05, 3.63) is 181 Å². The SMILES string of the molecule is c1cc(OCCCCc2c(CCCCOc3ccncc3)c(CCCCOc3ccncc3)c(CCCCOc3ccncc3)c(CCCCOc3ccncc3)c2CCCCOc2ccncc2)ccn1. The minimum atomic E-state index is 0.654. The summed E-state index contributed by atoms with van der Waals surface area (Å²) in [6, 6.07) is 23.2. The van der Waals surface area contributed by atoms with E-state index in [0.29, 0.717) is 39.6 Å². The predicted molar refractivity (Wildman–Crippen MR) is 282 cm³/mol. The van der Waals surface area contributed by atoms with Gasteiger partial charge in [0.2, 0.25) is 0 Å². The lowest BCUT2D eigenvalue weighted by Crippen LogP contribution is -2.16. The van der Waals surface area contributed by atoms with Crippen molar-refractivity contribution in [1.29, 1.82) is 0 Å². The smallest absolute Gasteiger partial charge is 0.122 e. The zero-order valence-electron chi connectivity index (χ0n) is 42.0. The van der Waals surface area contributed by atoms with E-state index in [1.165, 1.54) is 0 Å². The molecule has 0 unspecified atom stereocenters. The normalized spacial score (nSPS) is 11.0. The lowest BCUT2D eigenvalue weighted by Gasteiger charge is -2.28. The largest absolute Gasteiger partial charge is 0.493 e. The van der Waals surface area contributed by atoms with E-state index in [1.54, 1.807) is 108 Å². The van der Waals surface area contributed by atoms with Crippen LogP contribution in [0.25, 0.3) is 0 Å². The first kappa shape index (κ1) is 52.7. The summed E-state index contributed by atoms with van der Waals surface area (Å²) in [7, 11) is 0. The summed E-state index contributed by atoms with van der Waals surface area (Å²) in [4.78, 5) is 25.1. The van der Waals surface area contributed by atoms with Crippen molar-refractivity contribution in [2.45, 2.75) is 116 Å². The molecule has 0 aliphatic rings. The minimum absolute atomic E-state index is 0.654. The van der Waals surface area contributed by atoms with Crippen LogP contribution in [0.3, 0.4) is 0 Å². The third kappa shape index (κ3) is 18.9. The maximum absolute atomic E-state index is 6.22. The second-order valence-electron chi connectivity index (χ2n) is 17.8. The van der Waals surface area contributed by atoms with Gasteiger partial charge in [0.1, 0.15) is 34.5 Å². The van der Waals surface area contributed by atoms with Gasteiger partial charge in [0.15, 0.2) is 0 Å². The van der Waals surface area contributed by atoms with E-state index in [-0.39, 0.29) is 0 Å². The number of aromatic nitrogens is 6. The molecule has 0 fully saturated rings. The Kier molecular flexibility index (Phi) is 23.4. The Labute approximate surface area is 427 Å². The molecular weight excluding hydrogens is 901 g/mol. The first-order valence-corrected chi connectivity index (χ1v) is 26.1. The van der Waals surface area contributed by atoms with Crippen LogP contribution in [-0.2, 0) is 38.5 Å². The lowest BCUT2D eigenvalue weighted by molar-refractivity contribution is 0.303. The molecule has 0 amide bonds. The number of benzene rings is 1. The molecule has 378 valence electrons. The molecule has 0 radical (unpaired) electrons. The fraction of sp³-hybridized carbons (Fsp3) is 0.400. The van der Waals surface area contributed by atoms with Crippen LogP contribution in [0.15, 0.2) is 147 Å². The van der Waals surface area contributed by atoms with Crippen LogP contribution in [-0.4, -0.2) is 69.5 Å². The topological polar surface area (TPSA) is 133 Å². The zero-order chi connectivity index (χ0) is 49.4. The average Bonchev–Trinajstić information content (AvgIpc) is 3.43. The third-order valence-corrected chi connectivity index (χ3v) is 12.6. The standard InChI is InChI=1S/C60H72N6O6/c1(7-43-67-49-19-31-61-32-20-49)13-55-56(14-2-8-44-68-50-21-33-62-34-22-50)58(16-4-10-46-70-52-25-37-64-38-26-52)60(18-6-12-48-72-54-29-41-66-42-30-54)59(17-5-11-47-71-53-27-39-65-40-28-53)57(55)15-3-9-45-69-51-23-35-63-36-24-51/h19-42H,1-18,43-48H2. The number of pyridine rings is 6. The van der Waals surface area contributed by atoms with Gasteiger partial charge in [-0.25, -0.2) is 0 Å². The van der Waals surface area contributed by atoms with Crippen molar-refractivity contribution < 1.29 is 28.4 Å². The van der Waals surface area contributed by atoms with E-state index in [4.69, 9.17) is 28.4 Å². The number of hydrogen-bond acceptors (Lipinski definition) is 12. The molecule has 12 heteroatoms. The van der Waals surface area contributed by atoms with E-state index in [2.05, 4.69) is 29.9 Å². The van der Waals surface area contributed by atoms with Gasteiger partial charge in [-0.15, -0.1) is 0 Å². The Morgan fingerprint density at radius 2 is 0.333 bits per heavy atom. The molecule has 7 aromatic rings. The van der Waals surface area contributed by atoms with Crippen molar-refractivity contribution in [2.75, 3.05) is 39.6 Å². The van der Waals surface area contributed by atoms with Crippen molar-refractivity contribution in [3.63, 3.8) is 0 Å². The molecule has 0 spiro atoms. The van der Waals surface area contributed by atoms with Crippen molar-refractivity contribution >= 4 is 0 Å². The van der Waals surface area contributed by atoms with Gasteiger partial charge >= 0.3 is 0 Å². The van der Waals surface area contributed by atoms with Gasteiger partial charge < -0.3 is 28.4 Å². The summed E-state index contributed by atoms with van der Waals surface area (Å²) in [5.74, 6) is 5.14. The first-order valence-electron chi connectivity index (χ1n) is 26.1. The van der Waals surface area contributed by atoms with Crippen LogP contribution >= 0.6 is 0 Å². The van der Waals surface area contributed by atoms with Gasteiger partial charge in [0, 0.05) is 74.4 Å². The van der Waals surface area contributed by atoms with Gasteiger partial charge in [0.05, 0.1) is 39.6 Å². The predicted octanol–water partition coefficient (Wildman–Crippen LogP) is 12.5. The number of rotatable bonds is 36. The summed E-state index contributed by atoms with van der Waals surface area (Å²) < 4.78 is 37.3. The summed E-state index contributed by atoms with van der Waals surface area (Å²) in [5.41, 5.74) is 9.25. The molecule has 0 saturated carbocycles. The van der Waals surface area contributed by atoms with E-state index in [1.807, 2.05) is 72.8 Å². The highest BCUT2D eigenvalue weighted by Gasteiger charge is 2.23. The van der Waals surface area contributed by atoms with Crippen molar-refractivity contribution in [2.24, 2.45) is 0 Å². The number of nitrogens with zero attached hydrogens (tertiary/aromatic N) is 6. The zero-order valence-corrected chi connectivity index (χ0v) is 42.0. The Hall–Kier alpha value is -7.08. The van der Waals surface area contributed by atoms with Crippen LogP contribution in [0.5, 0.6) is 34.5 Å². The van der Waals surface area contributed by atoms with Gasteiger partial charge in [-0.3, -0.25) is 29.9 Å². The summed E-state index contributed by atoms with van der Waals surface area (Å²) in [6.07, 6.45) is 39.1. The summed E-state index contributed by atoms with van der Waals surface area (Å²) in [5, 5.41) is 0. The molecule has 72 heavy (non-hydrogen) atoms. The molecule has 0 aliphatic carbocycles. The van der Waals surface area contributed by atoms with E-state index in [0.717, 1.165) is 150 Å². The lowest BCUT2D eigenvalue weighted by atomic mass is 9.77. The molecule has 0 N–H and O–H groups in total. The summed E-state index contributed by atoms with van der Waals surface area (Å²) in [6.45, 7) is 3.93. The van der Waals surface area contributed by atoms with E-state index < -0.39 is 0 Å². The highest BCUT2D eigenvalue weighted by Crippen LogP contribution is 2.36. The highest BCUT2D eigenvalue weighted by molar-refractivity contribution is 5.53. The fourth-order valence-electron chi connectivity index (χ4n) is 9.07. The quantitative estimate of drug-likeness (QED) is 0.0347. The Morgan fingerprint density at radius 3 is 0.472 bits per heavy atom. The third-order valence-electron chi connectivity index (χ3n) is 12.6. The molecule has 0 atom stereocenters. The maximum atomic E-state index is 6.22. The maximum Gasteiger partial charge on any atom is 0.122 e. The second kappa shape index (κ2) is 32.0. The van der Waals surface area contributed by atoms with Crippen molar-refractivity contribution in [3.8, 4) is 34.5 Å². The van der Waals surface area contributed by atoms with E-state index >= 15 is 0 Å². The Morgan fingerprint density at radius 1 is 0.194 bits per heavy atom. The Balaban J connectivity index is 1.21. The molecule has 7 rings (SSSR count). The second-order valence-corrected chi connectivity index (χ2v) is 17.8. The van der Waals surface area contributed by atoms with Gasteiger partial charge in [-0.2, -0.15) is 0 Å². The molecule has 0 saturated heterocycles. The molecular formula is C60H72N6O6. The Bertz CT molecular complexity index is 2020. The van der Waals surface area contributed by atoms with Crippen LogP contribution in [0.2, 0.25) is 0 Å². The van der Waals surface area contributed by atoms with E-state index in [9.17, 15) is 0 Å². The van der Waals surface area contributed by atoms with Crippen molar-refractivity contribution in [1.82, 2.24) is 29.9 Å². The number of hydrogen-bond donors (Lipinski definition) is 0. The van der Waals surface area contributed by atoms with Crippen LogP contribution in [0, 0.1) is 0 Å². The monoisotopic (exact) mass is 973 g/mol. The molecule has 6 heterocycles. The summed E-state index contributed by atoms with van der Waals surface area (Å²) >= 11 is 0. The van der Waals surface area contributed by atoms with Gasteiger partial charge in [0.25, 0.3) is 0 Å². The van der Waals surface area contributed by atoms with Crippen LogP contribution < -0.4 is 28.4 Å². The van der Waals surface area contributed by atoms with Crippen LogP contribution in [0.4, 0.5) is 0 Å². The molecule has 6 aromatic heterocycles. The van der Waals surface area contributed by atoms with Gasteiger partial charge in [-0.1, -0.05) is 0 Å². The van der Waals surface area contributed by atoms with Gasteiger partial charge in [-0.05, 0) is 222 Å². The first-order chi connectivity index (χ1) is 35.8.